The molecular formula is C11H9ClFN3O3. The minimum Gasteiger partial charge on any atom is -0.374 e. The maximum Gasteiger partial charge on any atom is 0.294 e. The van der Waals surface area contributed by atoms with Gasteiger partial charge in [-0.05, 0) is 6.92 Å². The van der Waals surface area contributed by atoms with E-state index in [1.807, 2.05) is 0 Å². The van der Waals surface area contributed by atoms with Crippen LogP contribution in [-0.2, 0) is 6.54 Å². The van der Waals surface area contributed by atoms with Crippen molar-refractivity contribution in [2.24, 2.45) is 0 Å². The number of anilines is 1. The lowest BCUT2D eigenvalue weighted by atomic mass is 10.2. The van der Waals surface area contributed by atoms with Crippen LogP contribution >= 0.6 is 11.6 Å². The minimum atomic E-state index is -0.730. The van der Waals surface area contributed by atoms with E-state index < -0.39 is 10.7 Å². The zero-order valence-electron chi connectivity index (χ0n) is 9.81. The lowest BCUT2D eigenvalue weighted by molar-refractivity contribution is -0.384. The minimum absolute atomic E-state index is 0.0348. The molecule has 0 unspecified atom stereocenters. The normalized spacial score (nSPS) is 10.5. The van der Waals surface area contributed by atoms with E-state index >= 15 is 0 Å². The van der Waals surface area contributed by atoms with Crippen molar-refractivity contribution in [3.63, 3.8) is 0 Å². The van der Waals surface area contributed by atoms with Crippen molar-refractivity contribution in [3.05, 3.63) is 50.6 Å². The summed E-state index contributed by atoms with van der Waals surface area (Å²) in [5.74, 6) is -0.111. The molecule has 1 N–H and O–H groups in total. The molecule has 0 aliphatic carbocycles. The first-order valence-electron chi connectivity index (χ1n) is 5.27. The Bertz CT molecular complexity index is 630. The molecule has 19 heavy (non-hydrogen) atoms. The maximum absolute atomic E-state index is 13.3. The van der Waals surface area contributed by atoms with Gasteiger partial charge in [-0.1, -0.05) is 16.8 Å². The Morgan fingerprint density at radius 1 is 1.53 bits per heavy atom. The zero-order valence-corrected chi connectivity index (χ0v) is 10.6. The third-order valence-electron chi connectivity index (χ3n) is 2.37. The topological polar surface area (TPSA) is 81.2 Å². The van der Waals surface area contributed by atoms with E-state index in [0.29, 0.717) is 11.5 Å². The SMILES string of the molecule is Cc1cc(CNc2cc(F)c(Cl)cc2[N+](=O)[O-])no1. The number of halogens is 2. The van der Waals surface area contributed by atoms with Crippen LogP contribution < -0.4 is 5.32 Å². The summed E-state index contributed by atoms with van der Waals surface area (Å²) in [6.45, 7) is 1.90. The van der Waals surface area contributed by atoms with Crippen molar-refractivity contribution in [2.75, 3.05) is 5.32 Å². The fraction of sp³-hybridized carbons (Fsp3) is 0.182. The van der Waals surface area contributed by atoms with Crippen LogP contribution in [0.5, 0.6) is 0 Å². The van der Waals surface area contributed by atoms with E-state index in [0.717, 1.165) is 12.1 Å². The Kier molecular flexibility index (Phi) is 3.66. The summed E-state index contributed by atoms with van der Waals surface area (Å²) in [6.07, 6.45) is 0. The van der Waals surface area contributed by atoms with Crippen molar-refractivity contribution in [2.45, 2.75) is 13.5 Å². The molecule has 0 bridgehead atoms. The number of nitro groups is 1. The first kappa shape index (κ1) is 13.3. The average Bonchev–Trinajstić information content (AvgIpc) is 2.76. The van der Waals surface area contributed by atoms with Crippen molar-refractivity contribution < 1.29 is 13.8 Å². The Balaban J connectivity index is 2.23. The van der Waals surface area contributed by atoms with Crippen LogP contribution in [0.4, 0.5) is 15.8 Å². The van der Waals surface area contributed by atoms with E-state index in [-0.39, 0.29) is 22.9 Å². The number of benzene rings is 1. The molecule has 2 aromatic rings. The van der Waals surface area contributed by atoms with E-state index in [1.54, 1.807) is 13.0 Å². The predicted octanol–water partition coefficient (Wildman–Crippen LogP) is 3.30. The highest BCUT2D eigenvalue weighted by molar-refractivity contribution is 6.31. The van der Waals surface area contributed by atoms with Gasteiger partial charge < -0.3 is 9.84 Å². The molecule has 1 aromatic carbocycles. The number of nitro benzene ring substituents is 1. The van der Waals surface area contributed by atoms with Gasteiger partial charge in [0.2, 0.25) is 0 Å². The third kappa shape index (κ3) is 3.00. The van der Waals surface area contributed by atoms with Crippen LogP contribution in [0, 0.1) is 22.9 Å². The summed E-state index contributed by atoms with van der Waals surface area (Å²) in [4.78, 5) is 10.2. The molecule has 0 radical (unpaired) electrons. The molecule has 100 valence electrons. The molecule has 1 aromatic heterocycles. The maximum atomic E-state index is 13.3. The van der Waals surface area contributed by atoms with Crippen LogP contribution in [0.3, 0.4) is 0 Å². The van der Waals surface area contributed by atoms with E-state index in [1.165, 1.54) is 0 Å². The van der Waals surface area contributed by atoms with Crippen LogP contribution in [0.2, 0.25) is 5.02 Å². The van der Waals surface area contributed by atoms with Crippen LogP contribution in [0.25, 0.3) is 0 Å². The highest BCUT2D eigenvalue weighted by Crippen LogP contribution is 2.30. The first-order valence-corrected chi connectivity index (χ1v) is 5.64. The van der Waals surface area contributed by atoms with E-state index in [9.17, 15) is 14.5 Å². The van der Waals surface area contributed by atoms with Gasteiger partial charge in [0.15, 0.2) is 0 Å². The number of nitrogens with zero attached hydrogens (tertiary/aromatic N) is 2. The summed E-state index contributed by atoms with van der Waals surface area (Å²) in [5, 5.41) is 17.0. The summed E-state index contributed by atoms with van der Waals surface area (Å²) in [5.41, 5.74) is 0.293. The van der Waals surface area contributed by atoms with Gasteiger partial charge in [-0.2, -0.15) is 0 Å². The molecule has 0 saturated carbocycles. The molecule has 0 amide bonds. The first-order chi connectivity index (χ1) is 8.97. The molecule has 1 heterocycles. The smallest absolute Gasteiger partial charge is 0.294 e. The number of aryl methyl sites for hydroxylation is 1. The Morgan fingerprint density at radius 3 is 2.84 bits per heavy atom. The van der Waals surface area contributed by atoms with Gasteiger partial charge in [0.1, 0.15) is 23.0 Å². The molecule has 0 spiro atoms. The number of nitrogens with one attached hydrogen (secondary N) is 1. The molecule has 6 nitrogen and oxygen atoms in total. The lowest BCUT2D eigenvalue weighted by Crippen LogP contribution is -2.03. The van der Waals surface area contributed by atoms with Gasteiger partial charge >= 0.3 is 0 Å². The molecule has 0 fully saturated rings. The van der Waals surface area contributed by atoms with Gasteiger partial charge in [-0.15, -0.1) is 0 Å². The number of hydrogen-bond acceptors (Lipinski definition) is 5. The predicted molar refractivity (Wildman–Crippen MR) is 66.6 cm³/mol. The Hall–Kier alpha value is -2.15. The summed E-state index contributed by atoms with van der Waals surface area (Å²) < 4.78 is 18.2. The molecule has 0 saturated heterocycles. The molecule has 0 aliphatic heterocycles. The zero-order chi connectivity index (χ0) is 14.0. The van der Waals surface area contributed by atoms with Crippen molar-refractivity contribution in [3.8, 4) is 0 Å². The van der Waals surface area contributed by atoms with Gasteiger partial charge in [-0.3, -0.25) is 10.1 Å². The molecule has 0 atom stereocenters. The van der Waals surface area contributed by atoms with Crippen molar-refractivity contribution in [1.29, 1.82) is 0 Å². The van der Waals surface area contributed by atoms with E-state index in [2.05, 4.69) is 10.5 Å². The largest absolute Gasteiger partial charge is 0.374 e. The number of rotatable bonds is 4. The number of hydrogen-bond donors (Lipinski definition) is 1. The fourth-order valence-corrected chi connectivity index (χ4v) is 1.67. The van der Waals surface area contributed by atoms with Crippen LogP contribution in [0.1, 0.15) is 11.5 Å². The van der Waals surface area contributed by atoms with Gasteiger partial charge in [0.25, 0.3) is 5.69 Å². The quantitative estimate of drug-likeness (QED) is 0.688. The fourth-order valence-electron chi connectivity index (χ4n) is 1.52. The van der Waals surface area contributed by atoms with Gasteiger partial charge in [-0.25, -0.2) is 4.39 Å². The van der Waals surface area contributed by atoms with Gasteiger partial charge in [0, 0.05) is 18.2 Å². The molecular weight excluding hydrogens is 277 g/mol. The molecule has 8 heteroatoms. The van der Waals surface area contributed by atoms with Crippen molar-refractivity contribution >= 4 is 23.0 Å². The summed E-state index contributed by atoms with van der Waals surface area (Å²) >= 11 is 5.52. The average molecular weight is 286 g/mol. The van der Waals surface area contributed by atoms with Crippen LogP contribution in [-0.4, -0.2) is 10.1 Å². The highest BCUT2D eigenvalue weighted by Gasteiger charge is 2.17. The molecule has 0 aliphatic rings. The number of aromatic nitrogens is 1. The third-order valence-corrected chi connectivity index (χ3v) is 2.66. The second kappa shape index (κ2) is 5.23. The van der Waals surface area contributed by atoms with E-state index in [4.69, 9.17) is 16.1 Å². The summed E-state index contributed by atoms with van der Waals surface area (Å²) in [6, 6.07) is 3.62. The Labute approximate surface area is 112 Å². The van der Waals surface area contributed by atoms with Crippen molar-refractivity contribution in [1.82, 2.24) is 5.16 Å². The standard InChI is InChI=1S/C11H9ClFN3O3/c1-6-2-7(15-19-6)5-14-10-4-9(13)8(12)3-11(10)16(17)18/h2-4,14H,5H2,1H3. The van der Waals surface area contributed by atoms with Crippen LogP contribution in [0.15, 0.2) is 22.7 Å². The second-order valence-corrected chi connectivity index (χ2v) is 4.23. The second-order valence-electron chi connectivity index (χ2n) is 3.82. The highest BCUT2D eigenvalue weighted by atomic mass is 35.5. The van der Waals surface area contributed by atoms with Gasteiger partial charge in [0.05, 0.1) is 16.5 Å². The summed E-state index contributed by atoms with van der Waals surface area (Å²) in [7, 11) is 0. The monoisotopic (exact) mass is 285 g/mol. The lowest BCUT2D eigenvalue weighted by Gasteiger charge is -2.06. The molecule has 2 rings (SSSR count). The Morgan fingerprint density at radius 2 is 2.26 bits per heavy atom.